The van der Waals surface area contributed by atoms with E-state index in [1.807, 2.05) is 31.2 Å². The van der Waals surface area contributed by atoms with Crippen LogP contribution in [0.1, 0.15) is 33.9 Å². The normalized spacial score (nSPS) is 12.5. The van der Waals surface area contributed by atoms with Crippen molar-refractivity contribution in [1.82, 2.24) is 10.3 Å². The van der Waals surface area contributed by atoms with E-state index in [4.69, 9.17) is 4.74 Å². The molecule has 1 atom stereocenters. The summed E-state index contributed by atoms with van der Waals surface area (Å²) in [5.74, 6) is 0.459. The highest BCUT2D eigenvalue weighted by molar-refractivity contribution is 7.92. The van der Waals surface area contributed by atoms with Crippen molar-refractivity contribution in [2.45, 2.75) is 19.9 Å². The Bertz CT molecular complexity index is 860. The molecule has 1 amide bonds. The zero-order valence-corrected chi connectivity index (χ0v) is 16.4. The number of nitrogens with zero attached hydrogens (tertiary/aromatic N) is 2. The SMILES string of the molecule is COc1ccc(C(C)NC(=O)c2sc(N(C)S(C)(=O)=O)nc2C)cc1. The van der Waals surface area contributed by atoms with Crippen LogP contribution in [0.2, 0.25) is 0 Å². The number of sulfonamides is 1. The van der Waals surface area contributed by atoms with E-state index in [0.29, 0.717) is 10.6 Å². The number of methoxy groups -OCH3 is 1. The van der Waals surface area contributed by atoms with E-state index in [2.05, 4.69) is 10.3 Å². The quantitative estimate of drug-likeness (QED) is 0.827. The van der Waals surface area contributed by atoms with Crippen molar-refractivity contribution in [1.29, 1.82) is 0 Å². The van der Waals surface area contributed by atoms with Gasteiger partial charge in [0.05, 0.1) is 25.1 Å². The highest BCUT2D eigenvalue weighted by atomic mass is 32.2. The fourth-order valence-electron chi connectivity index (χ4n) is 2.11. The van der Waals surface area contributed by atoms with E-state index in [1.54, 1.807) is 14.0 Å². The molecule has 0 aliphatic carbocycles. The molecule has 1 unspecified atom stereocenters. The van der Waals surface area contributed by atoms with E-state index in [0.717, 1.165) is 33.2 Å². The number of amides is 1. The Balaban J connectivity index is 2.16. The maximum Gasteiger partial charge on any atom is 0.263 e. The average Bonchev–Trinajstić information content (AvgIpc) is 2.95. The van der Waals surface area contributed by atoms with Crippen LogP contribution in [0.15, 0.2) is 24.3 Å². The molecule has 0 aliphatic heterocycles. The van der Waals surface area contributed by atoms with E-state index < -0.39 is 10.0 Å². The second-order valence-corrected chi connectivity index (χ2v) is 8.60. The van der Waals surface area contributed by atoms with Crippen molar-refractivity contribution >= 4 is 32.4 Å². The smallest absolute Gasteiger partial charge is 0.263 e. The first-order chi connectivity index (χ1) is 11.6. The number of ether oxygens (including phenoxy) is 1. The number of hydrogen-bond acceptors (Lipinski definition) is 6. The van der Waals surface area contributed by atoms with Gasteiger partial charge in [0.1, 0.15) is 10.6 Å². The number of aromatic nitrogens is 1. The predicted molar refractivity (Wildman–Crippen MR) is 99.0 cm³/mol. The number of anilines is 1. The highest BCUT2D eigenvalue weighted by Crippen LogP contribution is 2.27. The van der Waals surface area contributed by atoms with Gasteiger partial charge in [-0.25, -0.2) is 17.7 Å². The molecule has 0 saturated heterocycles. The number of carbonyl (C=O) groups excluding carboxylic acids is 1. The van der Waals surface area contributed by atoms with Crippen molar-refractivity contribution < 1.29 is 17.9 Å². The topological polar surface area (TPSA) is 88.6 Å². The summed E-state index contributed by atoms with van der Waals surface area (Å²) in [6.45, 7) is 3.56. The fourth-order valence-corrected chi connectivity index (χ4v) is 3.79. The fraction of sp³-hybridized carbons (Fsp3) is 0.375. The van der Waals surface area contributed by atoms with Gasteiger partial charge >= 0.3 is 0 Å². The summed E-state index contributed by atoms with van der Waals surface area (Å²) in [6, 6.07) is 7.21. The molecule has 0 saturated carbocycles. The van der Waals surface area contributed by atoms with E-state index >= 15 is 0 Å². The minimum atomic E-state index is -3.42. The monoisotopic (exact) mass is 383 g/mol. The van der Waals surface area contributed by atoms with E-state index in [-0.39, 0.29) is 17.1 Å². The standard InChI is InChI=1S/C16H21N3O4S2/c1-10(12-6-8-13(23-4)9-7-12)17-15(20)14-11(2)18-16(24-14)19(3)25(5,21)22/h6-10H,1-5H3,(H,17,20). The molecule has 1 aromatic carbocycles. The third kappa shape index (κ3) is 4.49. The predicted octanol–water partition coefficient (Wildman–Crippen LogP) is 2.35. The largest absolute Gasteiger partial charge is 0.497 e. The van der Waals surface area contributed by atoms with E-state index in [1.165, 1.54) is 7.05 Å². The van der Waals surface area contributed by atoms with Gasteiger partial charge in [-0.2, -0.15) is 0 Å². The lowest BCUT2D eigenvalue weighted by Gasteiger charge is -2.14. The Morgan fingerprint density at radius 1 is 1.32 bits per heavy atom. The molecule has 7 nitrogen and oxygen atoms in total. The summed E-state index contributed by atoms with van der Waals surface area (Å²) >= 11 is 1.05. The van der Waals surface area contributed by atoms with Crippen molar-refractivity contribution in [3.63, 3.8) is 0 Å². The summed E-state index contributed by atoms with van der Waals surface area (Å²) in [5.41, 5.74) is 1.43. The van der Waals surface area contributed by atoms with Gasteiger partial charge < -0.3 is 10.1 Å². The van der Waals surface area contributed by atoms with Gasteiger partial charge in [0, 0.05) is 7.05 Å². The summed E-state index contributed by atoms with van der Waals surface area (Å²) in [5, 5.41) is 3.17. The number of hydrogen-bond donors (Lipinski definition) is 1. The molecule has 2 aromatic rings. The second-order valence-electron chi connectivity index (χ2n) is 5.61. The summed E-state index contributed by atoms with van der Waals surface area (Å²) < 4.78 is 29.4. The molecule has 0 fully saturated rings. The van der Waals surface area contributed by atoms with Gasteiger partial charge in [-0.3, -0.25) is 4.79 Å². The summed E-state index contributed by atoms with van der Waals surface area (Å²) in [4.78, 5) is 17.1. The van der Waals surface area contributed by atoms with Crippen molar-refractivity contribution in [2.75, 3.05) is 24.7 Å². The number of carbonyl (C=O) groups is 1. The first kappa shape index (κ1) is 19.2. The molecule has 0 radical (unpaired) electrons. The third-order valence-corrected chi connectivity index (χ3v) is 6.24. The molecule has 9 heteroatoms. The minimum Gasteiger partial charge on any atom is -0.497 e. The summed E-state index contributed by atoms with van der Waals surface area (Å²) in [6.07, 6.45) is 1.09. The van der Waals surface area contributed by atoms with Crippen molar-refractivity contribution in [2.24, 2.45) is 0 Å². The van der Waals surface area contributed by atoms with Gasteiger partial charge in [-0.1, -0.05) is 23.5 Å². The van der Waals surface area contributed by atoms with E-state index in [9.17, 15) is 13.2 Å². The molecule has 136 valence electrons. The Morgan fingerprint density at radius 2 is 1.92 bits per heavy atom. The minimum absolute atomic E-state index is 0.212. The van der Waals surface area contributed by atoms with Crippen LogP contribution in [-0.4, -0.2) is 39.7 Å². The number of benzene rings is 1. The first-order valence-corrected chi connectivity index (χ1v) is 10.2. The maximum atomic E-state index is 12.5. The van der Waals surface area contributed by atoms with Gasteiger partial charge in [-0.05, 0) is 31.5 Å². The number of thiazole rings is 1. The van der Waals surface area contributed by atoms with Crippen LogP contribution in [0, 0.1) is 6.92 Å². The number of rotatable bonds is 6. The Morgan fingerprint density at radius 3 is 2.44 bits per heavy atom. The highest BCUT2D eigenvalue weighted by Gasteiger charge is 2.22. The van der Waals surface area contributed by atoms with Crippen LogP contribution in [0.25, 0.3) is 0 Å². The van der Waals surface area contributed by atoms with Crippen molar-refractivity contribution in [3.05, 3.63) is 40.4 Å². The molecule has 2 rings (SSSR count). The molecule has 1 heterocycles. The maximum absolute atomic E-state index is 12.5. The van der Waals surface area contributed by atoms with Crippen LogP contribution in [0.5, 0.6) is 5.75 Å². The van der Waals surface area contributed by atoms with Gasteiger partial charge in [-0.15, -0.1) is 0 Å². The lowest BCUT2D eigenvalue weighted by molar-refractivity contribution is 0.0943. The molecule has 0 aliphatic rings. The molecule has 0 spiro atoms. The van der Waals surface area contributed by atoms with Crippen LogP contribution in [-0.2, 0) is 10.0 Å². The van der Waals surface area contributed by atoms with Crippen LogP contribution < -0.4 is 14.4 Å². The Labute approximate surface area is 151 Å². The van der Waals surface area contributed by atoms with Crippen LogP contribution >= 0.6 is 11.3 Å². The third-order valence-electron chi connectivity index (χ3n) is 3.72. The van der Waals surface area contributed by atoms with Gasteiger partial charge in [0.2, 0.25) is 10.0 Å². The second kappa shape index (κ2) is 7.40. The number of nitrogens with one attached hydrogen (secondary N) is 1. The first-order valence-electron chi connectivity index (χ1n) is 7.49. The Hall–Kier alpha value is -2.13. The zero-order valence-electron chi connectivity index (χ0n) is 14.7. The molecular weight excluding hydrogens is 362 g/mol. The molecule has 1 N–H and O–H groups in total. The average molecular weight is 383 g/mol. The van der Waals surface area contributed by atoms with Crippen molar-refractivity contribution in [3.8, 4) is 5.75 Å². The lowest BCUT2D eigenvalue weighted by atomic mass is 10.1. The summed E-state index contributed by atoms with van der Waals surface area (Å²) in [7, 11) is -0.413. The van der Waals surface area contributed by atoms with Gasteiger partial charge in [0.25, 0.3) is 5.91 Å². The van der Waals surface area contributed by atoms with Crippen LogP contribution in [0.3, 0.4) is 0 Å². The lowest BCUT2D eigenvalue weighted by Crippen LogP contribution is -2.26. The Kier molecular flexibility index (Phi) is 5.69. The molecule has 0 bridgehead atoms. The molecule has 1 aromatic heterocycles. The molecule has 25 heavy (non-hydrogen) atoms. The molecular formula is C16H21N3O4S2. The zero-order chi connectivity index (χ0) is 18.8. The number of aryl methyl sites for hydroxylation is 1. The van der Waals surface area contributed by atoms with Gasteiger partial charge in [0.15, 0.2) is 5.13 Å². The van der Waals surface area contributed by atoms with Crippen LogP contribution in [0.4, 0.5) is 5.13 Å².